The van der Waals surface area contributed by atoms with Crippen LogP contribution in [-0.2, 0) is 0 Å². The monoisotopic (exact) mass is 358 g/mol. The molecule has 2 heterocycles. The van der Waals surface area contributed by atoms with Gasteiger partial charge in [-0.2, -0.15) is 0 Å². The number of benzene rings is 1. The van der Waals surface area contributed by atoms with Gasteiger partial charge in [0.2, 0.25) is 5.95 Å². The third kappa shape index (κ3) is 2.61. The van der Waals surface area contributed by atoms with E-state index in [0.29, 0.717) is 43.5 Å². The summed E-state index contributed by atoms with van der Waals surface area (Å²) >= 11 is 7.67. The number of carbonyl (C=O) groups excluding carboxylic acids is 1. The van der Waals surface area contributed by atoms with Gasteiger partial charge in [-0.3, -0.25) is 4.79 Å². The van der Waals surface area contributed by atoms with Gasteiger partial charge >= 0.3 is 0 Å². The molecule has 0 aliphatic heterocycles. The first-order valence-electron chi connectivity index (χ1n) is 7.67. The number of fused-ring (bicyclic) bond motifs is 1. The Morgan fingerprint density at radius 3 is 2.75 bits per heavy atom. The van der Waals surface area contributed by atoms with Crippen LogP contribution in [-0.4, -0.2) is 21.8 Å². The van der Waals surface area contributed by atoms with Gasteiger partial charge < -0.3 is 11.1 Å². The van der Waals surface area contributed by atoms with Crippen molar-refractivity contribution in [3.05, 3.63) is 34.2 Å². The molecule has 0 unspecified atom stereocenters. The van der Waals surface area contributed by atoms with E-state index in [1.165, 1.54) is 18.3 Å². The fourth-order valence-electron chi connectivity index (χ4n) is 2.61. The van der Waals surface area contributed by atoms with Gasteiger partial charge in [-0.1, -0.05) is 29.8 Å². The normalized spacial score (nSPS) is 14.1. The number of nitrogen functional groups attached to an aromatic ring is 1. The van der Waals surface area contributed by atoms with E-state index in [4.69, 9.17) is 17.3 Å². The van der Waals surface area contributed by atoms with Crippen LogP contribution in [0.15, 0.2) is 24.3 Å². The van der Waals surface area contributed by atoms with Crippen molar-refractivity contribution in [2.24, 2.45) is 0 Å². The molecule has 3 N–H and O–H groups in total. The van der Waals surface area contributed by atoms with Crippen molar-refractivity contribution in [2.45, 2.75) is 25.8 Å². The molecule has 4 rings (SSSR count). The predicted octanol–water partition coefficient (Wildman–Crippen LogP) is 4.37. The summed E-state index contributed by atoms with van der Waals surface area (Å²) in [5.74, 6) is 0.480. The Kier molecular flexibility index (Phi) is 3.66. The molecular weight excluding hydrogens is 344 g/mol. The van der Waals surface area contributed by atoms with Crippen molar-refractivity contribution >= 4 is 50.6 Å². The molecule has 7 heteroatoms. The van der Waals surface area contributed by atoms with Crippen molar-refractivity contribution in [1.29, 1.82) is 0 Å². The van der Waals surface area contributed by atoms with Crippen molar-refractivity contribution < 1.29 is 4.79 Å². The number of halogens is 1. The minimum Gasteiger partial charge on any atom is -0.397 e. The molecule has 1 aromatic carbocycles. The number of aromatic nitrogens is 2. The summed E-state index contributed by atoms with van der Waals surface area (Å²) in [5.41, 5.74) is 8.11. The maximum absolute atomic E-state index is 11.9. The van der Waals surface area contributed by atoms with Gasteiger partial charge in [-0.25, -0.2) is 9.97 Å². The van der Waals surface area contributed by atoms with E-state index in [0.717, 1.165) is 18.4 Å². The molecule has 0 radical (unpaired) electrons. The van der Waals surface area contributed by atoms with E-state index >= 15 is 0 Å². The number of nitrogens with zero attached hydrogens (tertiary/aromatic N) is 2. The van der Waals surface area contributed by atoms with Gasteiger partial charge in [-0.15, -0.1) is 11.3 Å². The summed E-state index contributed by atoms with van der Waals surface area (Å²) in [5, 5.41) is 4.59. The van der Waals surface area contributed by atoms with Crippen molar-refractivity contribution in [1.82, 2.24) is 9.97 Å². The summed E-state index contributed by atoms with van der Waals surface area (Å²) in [7, 11) is 0. The molecule has 0 amide bonds. The fraction of sp³-hybridized carbons (Fsp3) is 0.235. The first-order chi connectivity index (χ1) is 11.5. The lowest BCUT2D eigenvalue weighted by Gasteiger charge is -2.09. The molecule has 0 atom stereocenters. The van der Waals surface area contributed by atoms with Crippen LogP contribution >= 0.6 is 22.9 Å². The Hall–Kier alpha value is -2.18. The van der Waals surface area contributed by atoms with Gasteiger partial charge in [0.05, 0.1) is 21.6 Å². The van der Waals surface area contributed by atoms with Crippen LogP contribution in [0.5, 0.6) is 0 Å². The van der Waals surface area contributed by atoms with E-state index in [9.17, 15) is 4.79 Å². The average molecular weight is 359 g/mol. The maximum Gasteiger partial charge on any atom is 0.224 e. The van der Waals surface area contributed by atoms with E-state index in [2.05, 4.69) is 15.3 Å². The Balaban J connectivity index is 2.00. The second-order valence-corrected chi connectivity index (χ2v) is 7.28. The largest absolute Gasteiger partial charge is 0.397 e. The van der Waals surface area contributed by atoms with Crippen molar-refractivity contribution in [3.63, 3.8) is 0 Å². The highest BCUT2D eigenvalue weighted by Crippen LogP contribution is 2.41. The van der Waals surface area contributed by atoms with Crippen LogP contribution in [0.4, 0.5) is 11.6 Å². The standard InChI is InChI=1S/C17H15ClN4OS/c1-8(23)15-13(19)12-14(10-4-2-3-5-11(10)18)21-17(20-9-6-7-9)22-16(12)24-15/h2-5,9H,6-7,19H2,1H3,(H,20,21,22). The highest BCUT2D eigenvalue weighted by atomic mass is 35.5. The minimum absolute atomic E-state index is 0.0719. The SMILES string of the molecule is CC(=O)c1sc2nc(NC3CC3)nc(-c3ccccc3Cl)c2c1N. The molecule has 1 saturated carbocycles. The van der Waals surface area contributed by atoms with Gasteiger partial charge in [0.25, 0.3) is 0 Å². The van der Waals surface area contributed by atoms with Crippen molar-refractivity contribution in [2.75, 3.05) is 11.1 Å². The molecule has 122 valence electrons. The minimum atomic E-state index is -0.0719. The van der Waals surface area contributed by atoms with E-state index < -0.39 is 0 Å². The number of hydrogen-bond acceptors (Lipinski definition) is 6. The number of thiophene rings is 1. The summed E-state index contributed by atoms with van der Waals surface area (Å²) in [4.78, 5) is 22.3. The molecule has 3 aromatic rings. The van der Waals surface area contributed by atoms with Crippen molar-refractivity contribution in [3.8, 4) is 11.3 Å². The molecule has 1 fully saturated rings. The molecule has 1 aliphatic rings. The summed E-state index contributed by atoms with van der Waals surface area (Å²) in [6.07, 6.45) is 2.24. The highest BCUT2D eigenvalue weighted by Gasteiger charge is 2.25. The zero-order chi connectivity index (χ0) is 16.8. The van der Waals surface area contributed by atoms with Gasteiger partial charge in [-0.05, 0) is 18.9 Å². The number of Topliss-reactive ketones (excluding diaryl/α,β-unsaturated/α-hetero) is 1. The fourth-order valence-corrected chi connectivity index (χ4v) is 3.82. The number of nitrogens with one attached hydrogen (secondary N) is 1. The van der Waals surface area contributed by atoms with Gasteiger partial charge in [0.15, 0.2) is 5.78 Å². The van der Waals surface area contributed by atoms with Crippen LogP contribution < -0.4 is 11.1 Å². The van der Waals surface area contributed by atoms with Gasteiger partial charge in [0.1, 0.15) is 4.83 Å². The lowest BCUT2D eigenvalue weighted by Crippen LogP contribution is -2.06. The quantitative estimate of drug-likeness (QED) is 0.677. The molecule has 0 bridgehead atoms. The Morgan fingerprint density at radius 1 is 1.33 bits per heavy atom. The van der Waals surface area contributed by atoms with Gasteiger partial charge in [0, 0.05) is 23.6 Å². The summed E-state index contributed by atoms with van der Waals surface area (Å²) in [6.45, 7) is 1.51. The molecule has 24 heavy (non-hydrogen) atoms. The molecule has 1 aliphatic carbocycles. The summed E-state index contributed by atoms with van der Waals surface area (Å²) < 4.78 is 0. The Labute approximate surface area is 147 Å². The van der Waals surface area contributed by atoms with Crippen LogP contribution in [0.25, 0.3) is 21.5 Å². The molecular formula is C17H15ClN4OS. The van der Waals surface area contributed by atoms with E-state index in [1.807, 2.05) is 24.3 Å². The number of hydrogen-bond donors (Lipinski definition) is 2. The number of rotatable bonds is 4. The Bertz CT molecular complexity index is 965. The summed E-state index contributed by atoms with van der Waals surface area (Å²) in [6, 6.07) is 7.90. The smallest absolute Gasteiger partial charge is 0.224 e. The predicted molar refractivity (Wildman–Crippen MR) is 98.9 cm³/mol. The average Bonchev–Trinajstić information content (AvgIpc) is 3.29. The topological polar surface area (TPSA) is 80.9 Å². The Morgan fingerprint density at radius 2 is 2.08 bits per heavy atom. The zero-order valence-electron chi connectivity index (χ0n) is 13.0. The second kappa shape index (κ2) is 5.72. The van der Waals surface area contributed by atoms with Crippen LogP contribution in [0.1, 0.15) is 29.4 Å². The van der Waals surface area contributed by atoms with Crippen LogP contribution in [0.2, 0.25) is 5.02 Å². The lowest BCUT2D eigenvalue weighted by atomic mass is 10.1. The van der Waals surface area contributed by atoms with E-state index in [-0.39, 0.29) is 5.78 Å². The maximum atomic E-state index is 11.9. The highest BCUT2D eigenvalue weighted by molar-refractivity contribution is 7.21. The van der Waals surface area contributed by atoms with Crippen LogP contribution in [0, 0.1) is 0 Å². The third-order valence-electron chi connectivity index (χ3n) is 3.95. The number of anilines is 2. The third-order valence-corrected chi connectivity index (χ3v) is 5.48. The number of carbonyl (C=O) groups is 1. The lowest BCUT2D eigenvalue weighted by molar-refractivity contribution is 0.102. The first-order valence-corrected chi connectivity index (χ1v) is 8.86. The molecule has 0 spiro atoms. The first kappa shape index (κ1) is 15.4. The van der Waals surface area contributed by atoms with E-state index in [1.54, 1.807) is 0 Å². The molecule has 0 saturated heterocycles. The second-order valence-electron chi connectivity index (χ2n) is 5.88. The number of ketones is 1. The molecule has 2 aromatic heterocycles. The zero-order valence-corrected chi connectivity index (χ0v) is 14.5. The molecule has 5 nitrogen and oxygen atoms in total. The number of nitrogens with two attached hydrogens (primary N) is 1. The van der Waals surface area contributed by atoms with Crippen LogP contribution in [0.3, 0.4) is 0 Å².